The number of hydrazine groups is 1. The molecule has 0 bridgehead atoms. The van der Waals surface area contributed by atoms with E-state index in [0.717, 1.165) is 49.6 Å². The van der Waals surface area contributed by atoms with E-state index in [2.05, 4.69) is 20.5 Å². The van der Waals surface area contributed by atoms with Crippen LogP contribution in [0, 0.1) is 0 Å². The Balaban J connectivity index is 1.30. The maximum Gasteiger partial charge on any atom is 0.344 e. The molecule has 0 saturated carbocycles. The van der Waals surface area contributed by atoms with E-state index in [1.807, 2.05) is 30.3 Å². The zero-order chi connectivity index (χ0) is 21.8. The second kappa shape index (κ2) is 9.36. The number of benzene rings is 1. The maximum atomic E-state index is 12.9. The third-order valence-corrected chi connectivity index (χ3v) is 6.77. The minimum absolute atomic E-state index is 0.205. The van der Waals surface area contributed by atoms with Crippen molar-refractivity contribution in [1.82, 2.24) is 25.6 Å². The Kier molecular flexibility index (Phi) is 6.57. The van der Waals surface area contributed by atoms with Gasteiger partial charge in [-0.05, 0) is 70.6 Å². The molecule has 4 amide bonds. The van der Waals surface area contributed by atoms with E-state index in [4.69, 9.17) is 0 Å². The molecule has 0 aromatic heterocycles. The lowest BCUT2D eigenvalue weighted by atomic mass is 9.93. The Bertz CT molecular complexity index is 811. The van der Waals surface area contributed by atoms with E-state index in [9.17, 15) is 14.4 Å². The van der Waals surface area contributed by atoms with Gasteiger partial charge in [0.1, 0.15) is 5.54 Å². The van der Waals surface area contributed by atoms with Crippen molar-refractivity contribution in [2.45, 2.75) is 57.0 Å². The molecule has 2 unspecified atom stereocenters. The summed E-state index contributed by atoms with van der Waals surface area (Å²) in [7, 11) is 0. The van der Waals surface area contributed by atoms with Crippen LogP contribution in [0.5, 0.6) is 0 Å². The van der Waals surface area contributed by atoms with Gasteiger partial charge in [-0.3, -0.25) is 19.9 Å². The number of nitrogens with one attached hydrogen (secondary N) is 2. The first kappa shape index (κ1) is 21.8. The van der Waals surface area contributed by atoms with Gasteiger partial charge in [0.25, 0.3) is 11.8 Å². The first-order chi connectivity index (χ1) is 14.9. The fourth-order valence-electron chi connectivity index (χ4n) is 4.91. The molecule has 4 rings (SSSR count). The van der Waals surface area contributed by atoms with Crippen molar-refractivity contribution in [3.63, 3.8) is 0 Å². The van der Waals surface area contributed by atoms with Crippen molar-refractivity contribution in [1.29, 1.82) is 0 Å². The molecule has 168 valence electrons. The van der Waals surface area contributed by atoms with E-state index in [-0.39, 0.29) is 12.5 Å². The average molecular weight is 428 g/mol. The van der Waals surface area contributed by atoms with Gasteiger partial charge < -0.3 is 10.2 Å². The minimum Gasteiger partial charge on any atom is -0.322 e. The zero-order valence-electron chi connectivity index (χ0n) is 18.3. The lowest BCUT2D eigenvalue weighted by molar-refractivity contribution is -0.139. The van der Waals surface area contributed by atoms with Gasteiger partial charge in [0, 0.05) is 12.6 Å². The van der Waals surface area contributed by atoms with Crippen LogP contribution in [0.1, 0.15) is 44.6 Å². The molecule has 0 radical (unpaired) electrons. The molecule has 1 aromatic rings. The molecule has 1 aromatic carbocycles. The molecule has 8 nitrogen and oxygen atoms in total. The smallest absolute Gasteiger partial charge is 0.322 e. The normalized spacial score (nSPS) is 27.1. The van der Waals surface area contributed by atoms with Crippen LogP contribution in [0.15, 0.2) is 30.3 Å². The lowest BCUT2D eigenvalue weighted by Gasteiger charge is -2.28. The third kappa shape index (κ3) is 5.07. The van der Waals surface area contributed by atoms with Crippen molar-refractivity contribution in [2.75, 3.05) is 32.7 Å². The molecule has 0 aliphatic carbocycles. The standard InChI is InChI=1S/C23H33N5O3/c1-23(12-11-18-8-3-2-4-9-18)21(30)28(22(31)24-23)25-20(29)17-27-15-7-10-19(27)16-26-13-5-6-14-26/h2-4,8-9,19H,5-7,10-17H2,1H3,(H,24,31)(H,25,29). The van der Waals surface area contributed by atoms with Crippen LogP contribution in [-0.4, -0.2) is 77.0 Å². The molecule has 3 fully saturated rings. The number of rotatable bonds is 8. The van der Waals surface area contributed by atoms with Crippen LogP contribution in [0.4, 0.5) is 4.79 Å². The van der Waals surface area contributed by atoms with Crippen LogP contribution in [-0.2, 0) is 16.0 Å². The lowest BCUT2D eigenvalue weighted by Crippen LogP contribution is -2.52. The first-order valence-electron chi connectivity index (χ1n) is 11.4. The number of aryl methyl sites for hydroxylation is 1. The highest BCUT2D eigenvalue weighted by atomic mass is 16.2. The molecule has 0 spiro atoms. The molecule has 3 heterocycles. The highest BCUT2D eigenvalue weighted by molar-refractivity contribution is 6.07. The Morgan fingerprint density at radius 2 is 1.87 bits per heavy atom. The average Bonchev–Trinajstić information content (AvgIpc) is 3.47. The summed E-state index contributed by atoms with van der Waals surface area (Å²) in [5, 5.41) is 3.62. The van der Waals surface area contributed by atoms with E-state index in [1.54, 1.807) is 6.92 Å². The number of nitrogens with zero attached hydrogens (tertiary/aromatic N) is 3. The summed E-state index contributed by atoms with van der Waals surface area (Å²) in [6, 6.07) is 9.65. The van der Waals surface area contributed by atoms with Crippen molar-refractivity contribution in [3.8, 4) is 0 Å². The SMILES string of the molecule is CC1(CCc2ccccc2)NC(=O)N(NC(=O)CN2CCCC2CN2CCCC2)C1=O. The van der Waals surface area contributed by atoms with E-state index in [0.29, 0.717) is 18.9 Å². The van der Waals surface area contributed by atoms with Crippen molar-refractivity contribution in [2.24, 2.45) is 0 Å². The number of likely N-dealkylation sites (tertiary alicyclic amines) is 2. The second-order valence-electron chi connectivity index (χ2n) is 9.20. The number of carbonyl (C=O) groups excluding carboxylic acids is 3. The van der Waals surface area contributed by atoms with Crippen LogP contribution in [0.25, 0.3) is 0 Å². The van der Waals surface area contributed by atoms with E-state index in [1.165, 1.54) is 12.8 Å². The summed E-state index contributed by atoms with van der Waals surface area (Å²) in [6.45, 7) is 6.07. The molecular weight excluding hydrogens is 394 g/mol. The van der Waals surface area contributed by atoms with Gasteiger partial charge in [0.05, 0.1) is 6.54 Å². The van der Waals surface area contributed by atoms with Gasteiger partial charge in [-0.2, -0.15) is 5.01 Å². The largest absolute Gasteiger partial charge is 0.344 e. The molecule has 3 aliphatic rings. The molecule has 31 heavy (non-hydrogen) atoms. The van der Waals surface area contributed by atoms with Gasteiger partial charge >= 0.3 is 6.03 Å². The van der Waals surface area contributed by atoms with Gasteiger partial charge in [0.2, 0.25) is 0 Å². The van der Waals surface area contributed by atoms with Crippen LogP contribution >= 0.6 is 0 Å². The summed E-state index contributed by atoms with van der Waals surface area (Å²) < 4.78 is 0. The third-order valence-electron chi connectivity index (χ3n) is 6.77. The summed E-state index contributed by atoms with van der Waals surface area (Å²) in [4.78, 5) is 42.7. The molecule has 3 saturated heterocycles. The minimum atomic E-state index is -1.02. The Morgan fingerprint density at radius 1 is 1.13 bits per heavy atom. The van der Waals surface area contributed by atoms with Gasteiger partial charge in [-0.25, -0.2) is 4.79 Å². The molecule has 2 N–H and O–H groups in total. The maximum absolute atomic E-state index is 12.9. The quantitative estimate of drug-likeness (QED) is 0.615. The Labute approximate surface area is 183 Å². The molecule has 2 atom stereocenters. The van der Waals surface area contributed by atoms with E-state index >= 15 is 0 Å². The van der Waals surface area contributed by atoms with Crippen molar-refractivity contribution >= 4 is 17.8 Å². The predicted octanol–water partition coefficient (Wildman–Crippen LogP) is 1.52. The van der Waals surface area contributed by atoms with Crippen LogP contribution in [0.2, 0.25) is 0 Å². The van der Waals surface area contributed by atoms with Crippen molar-refractivity contribution < 1.29 is 14.4 Å². The van der Waals surface area contributed by atoms with Gasteiger partial charge in [-0.15, -0.1) is 0 Å². The molecule has 8 heteroatoms. The molecular formula is C23H33N5O3. The number of urea groups is 1. The number of hydrogen-bond acceptors (Lipinski definition) is 5. The van der Waals surface area contributed by atoms with Gasteiger partial charge in [-0.1, -0.05) is 30.3 Å². The van der Waals surface area contributed by atoms with E-state index < -0.39 is 17.5 Å². The topological polar surface area (TPSA) is 85.0 Å². The highest BCUT2D eigenvalue weighted by Gasteiger charge is 2.48. The number of carbonyl (C=O) groups is 3. The Hall–Kier alpha value is -2.45. The Morgan fingerprint density at radius 3 is 2.61 bits per heavy atom. The predicted molar refractivity (Wildman–Crippen MR) is 117 cm³/mol. The second-order valence-corrected chi connectivity index (χ2v) is 9.20. The van der Waals surface area contributed by atoms with Crippen LogP contribution < -0.4 is 10.7 Å². The van der Waals surface area contributed by atoms with Crippen LogP contribution in [0.3, 0.4) is 0 Å². The van der Waals surface area contributed by atoms with Gasteiger partial charge in [0.15, 0.2) is 0 Å². The fraction of sp³-hybridized carbons (Fsp3) is 0.609. The summed E-state index contributed by atoms with van der Waals surface area (Å²) >= 11 is 0. The fourth-order valence-corrected chi connectivity index (χ4v) is 4.91. The number of imide groups is 1. The summed E-state index contributed by atoms with van der Waals surface area (Å²) in [5.41, 5.74) is 2.63. The summed E-state index contributed by atoms with van der Waals surface area (Å²) in [5.74, 6) is -0.721. The molecule has 3 aliphatic heterocycles. The number of hydrogen-bond donors (Lipinski definition) is 2. The van der Waals surface area contributed by atoms with Crippen molar-refractivity contribution in [3.05, 3.63) is 35.9 Å². The monoisotopic (exact) mass is 427 g/mol. The highest BCUT2D eigenvalue weighted by Crippen LogP contribution is 2.23. The zero-order valence-corrected chi connectivity index (χ0v) is 18.3. The summed E-state index contributed by atoms with van der Waals surface area (Å²) in [6.07, 6.45) is 5.80. The number of amides is 4. The first-order valence-corrected chi connectivity index (χ1v) is 11.4.